The average Bonchev–Trinajstić information content (AvgIpc) is 2.81. The highest BCUT2D eigenvalue weighted by molar-refractivity contribution is 7.09. The molecule has 2 nitrogen and oxygen atoms in total. The van der Waals surface area contributed by atoms with Crippen molar-refractivity contribution in [1.29, 1.82) is 0 Å². The van der Waals surface area contributed by atoms with Crippen molar-refractivity contribution < 1.29 is 0 Å². The SMILES string of the molecule is CCC(CN)CCN(Cc1cccs1)C(C)C. The highest BCUT2D eigenvalue weighted by Gasteiger charge is 2.13. The van der Waals surface area contributed by atoms with Gasteiger partial charge in [0, 0.05) is 17.5 Å². The highest BCUT2D eigenvalue weighted by Crippen LogP contribution is 2.16. The van der Waals surface area contributed by atoms with Crippen molar-refractivity contribution >= 4 is 11.3 Å². The van der Waals surface area contributed by atoms with Crippen molar-refractivity contribution in [2.24, 2.45) is 11.7 Å². The third kappa shape index (κ3) is 5.19. The smallest absolute Gasteiger partial charge is 0.0330 e. The second kappa shape index (κ2) is 7.85. The number of rotatable bonds is 8. The molecule has 2 N–H and O–H groups in total. The molecule has 1 aromatic rings. The molecule has 0 spiro atoms. The van der Waals surface area contributed by atoms with E-state index in [9.17, 15) is 0 Å². The zero-order valence-electron chi connectivity index (χ0n) is 11.4. The minimum Gasteiger partial charge on any atom is -0.330 e. The van der Waals surface area contributed by atoms with Gasteiger partial charge in [0.2, 0.25) is 0 Å². The predicted octanol–water partition coefficient (Wildman–Crippen LogP) is 3.33. The summed E-state index contributed by atoms with van der Waals surface area (Å²) in [5.74, 6) is 0.680. The van der Waals surface area contributed by atoms with Crippen LogP contribution in [0.2, 0.25) is 0 Å². The average molecular weight is 254 g/mol. The Balaban J connectivity index is 2.43. The largest absolute Gasteiger partial charge is 0.330 e. The Morgan fingerprint density at radius 3 is 2.65 bits per heavy atom. The van der Waals surface area contributed by atoms with Crippen LogP contribution in [0.1, 0.15) is 38.5 Å². The molecule has 0 amide bonds. The first-order chi connectivity index (χ1) is 8.17. The van der Waals surface area contributed by atoms with E-state index >= 15 is 0 Å². The lowest BCUT2D eigenvalue weighted by atomic mass is 10.0. The van der Waals surface area contributed by atoms with E-state index in [1.54, 1.807) is 0 Å². The summed E-state index contributed by atoms with van der Waals surface area (Å²) in [5, 5.41) is 2.16. The van der Waals surface area contributed by atoms with Crippen LogP contribution in [-0.2, 0) is 6.54 Å². The topological polar surface area (TPSA) is 29.3 Å². The predicted molar refractivity (Wildman–Crippen MR) is 77.3 cm³/mol. The zero-order valence-corrected chi connectivity index (χ0v) is 12.2. The van der Waals surface area contributed by atoms with E-state index < -0.39 is 0 Å². The fourth-order valence-corrected chi connectivity index (χ4v) is 2.69. The van der Waals surface area contributed by atoms with Gasteiger partial charge in [-0.05, 0) is 50.7 Å². The highest BCUT2D eigenvalue weighted by atomic mass is 32.1. The lowest BCUT2D eigenvalue weighted by molar-refractivity contribution is 0.198. The summed E-state index contributed by atoms with van der Waals surface area (Å²) in [6.07, 6.45) is 2.41. The zero-order chi connectivity index (χ0) is 12.7. The first kappa shape index (κ1) is 14.7. The molecule has 0 bridgehead atoms. The number of hydrogen-bond donors (Lipinski definition) is 1. The summed E-state index contributed by atoms with van der Waals surface area (Å²) in [7, 11) is 0. The molecule has 0 saturated carbocycles. The normalized spacial score (nSPS) is 13.5. The van der Waals surface area contributed by atoms with Gasteiger partial charge >= 0.3 is 0 Å². The molecule has 1 atom stereocenters. The monoisotopic (exact) mass is 254 g/mol. The van der Waals surface area contributed by atoms with Crippen LogP contribution in [0.25, 0.3) is 0 Å². The van der Waals surface area contributed by atoms with Crippen molar-refractivity contribution in [3.05, 3.63) is 22.4 Å². The van der Waals surface area contributed by atoms with Gasteiger partial charge in [0.1, 0.15) is 0 Å². The van der Waals surface area contributed by atoms with Crippen LogP contribution < -0.4 is 5.73 Å². The second-order valence-corrected chi connectivity index (χ2v) is 5.97. The van der Waals surface area contributed by atoms with Gasteiger partial charge in [-0.25, -0.2) is 0 Å². The van der Waals surface area contributed by atoms with E-state index in [0.29, 0.717) is 12.0 Å². The molecular formula is C14H26N2S. The maximum absolute atomic E-state index is 5.77. The standard InChI is InChI=1S/C14H26N2S/c1-4-13(10-15)7-8-16(12(2)3)11-14-6-5-9-17-14/h5-6,9,12-13H,4,7-8,10-11,15H2,1-3H3. The number of nitrogens with zero attached hydrogens (tertiary/aromatic N) is 1. The maximum Gasteiger partial charge on any atom is 0.0330 e. The van der Waals surface area contributed by atoms with Gasteiger partial charge in [0.05, 0.1) is 0 Å². The number of hydrogen-bond acceptors (Lipinski definition) is 3. The molecule has 0 aromatic carbocycles. The molecule has 0 aliphatic carbocycles. The molecule has 17 heavy (non-hydrogen) atoms. The van der Waals surface area contributed by atoms with E-state index in [4.69, 9.17) is 5.73 Å². The van der Waals surface area contributed by atoms with E-state index in [-0.39, 0.29) is 0 Å². The van der Waals surface area contributed by atoms with Gasteiger partial charge in [-0.2, -0.15) is 0 Å². The molecule has 1 unspecified atom stereocenters. The van der Waals surface area contributed by atoms with Crippen LogP contribution in [0, 0.1) is 5.92 Å². The van der Waals surface area contributed by atoms with Crippen LogP contribution in [0.3, 0.4) is 0 Å². The Hall–Kier alpha value is -0.380. The van der Waals surface area contributed by atoms with Crippen LogP contribution in [0.5, 0.6) is 0 Å². The quantitative estimate of drug-likeness (QED) is 0.771. The van der Waals surface area contributed by atoms with Crippen LogP contribution in [0.4, 0.5) is 0 Å². The summed E-state index contributed by atoms with van der Waals surface area (Å²) < 4.78 is 0. The van der Waals surface area contributed by atoms with E-state index in [2.05, 4.69) is 43.2 Å². The summed E-state index contributed by atoms with van der Waals surface area (Å²) in [4.78, 5) is 4.00. The minimum absolute atomic E-state index is 0.604. The van der Waals surface area contributed by atoms with Crippen LogP contribution in [-0.4, -0.2) is 24.0 Å². The molecule has 0 aliphatic heterocycles. The fraction of sp³-hybridized carbons (Fsp3) is 0.714. The molecule has 0 radical (unpaired) electrons. The minimum atomic E-state index is 0.604. The Bertz CT molecular complexity index is 278. The molecule has 1 aromatic heterocycles. The summed E-state index contributed by atoms with van der Waals surface area (Å²) in [5.41, 5.74) is 5.77. The van der Waals surface area contributed by atoms with Gasteiger partial charge in [-0.1, -0.05) is 19.4 Å². The van der Waals surface area contributed by atoms with E-state index in [1.807, 2.05) is 11.3 Å². The fourth-order valence-electron chi connectivity index (χ4n) is 1.96. The first-order valence-electron chi connectivity index (χ1n) is 6.63. The second-order valence-electron chi connectivity index (χ2n) is 4.94. The van der Waals surface area contributed by atoms with Crippen molar-refractivity contribution in [3.63, 3.8) is 0 Å². The Kier molecular flexibility index (Phi) is 6.78. The molecular weight excluding hydrogens is 228 g/mol. The van der Waals surface area contributed by atoms with Crippen molar-refractivity contribution in [2.45, 2.75) is 46.2 Å². The van der Waals surface area contributed by atoms with Crippen LogP contribution in [0.15, 0.2) is 17.5 Å². The van der Waals surface area contributed by atoms with Crippen molar-refractivity contribution in [2.75, 3.05) is 13.1 Å². The summed E-state index contributed by atoms with van der Waals surface area (Å²) in [6, 6.07) is 4.96. The maximum atomic E-state index is 5.77. The Morgan fingerprint density at radius 1 is 1.41 bits per heavy atom. The molecule has 3 heteroatoms. The van der Waals surface area contributed by atoms with Gasteiger partial charge in [-0.15, -0.1) is 11.3 Å². The van der Waals surface area contributed by atoms with Gasteiger partial charge < -0.3 is 5.73 Å². The molecule has 0 fully saturated rings. The lowest BCUT2D eigenvalue weighted by Gasteiger charge is -2.27. The van der Waals surface area contributed by atoms with Crippen LogP contribution >= 0.6 is 11.3 Å². The van der Waals surface area contributed by atoms with Gasteiger partial charge in [-0.3, -0.25) is 4.90 Å². The number of thiophene rings is 1. The van der Waals surface area contributed by atoms with Gasteiger partial charge in [0.15, 0.2) is 0 Å². The van der Waals surface area contributed by atoms with E-state index in [0.717, 1.165) is 19.6 Å². The first-order valence-corrected chi connectivity index (χ1v) is 7.51. The lowest BCUT2D eigenvalue weighted by Crippen LogP contribution is -2.32. The third-order valence-electron chi connectivity index (χ3n) is 3.40. The van der Waals surface area contributed by atoms with Gasteiger partial charge in [0.25, 0.3) is 0 Å². The molecule has 0 saturated heterocycles. The molecule has 1 rings (SSSR count). The van der Waals surface area contributed by atoms with Crippen molar-refractivity contribution in [3.8, 4) is 0 Å². The number of nitrogens with two attached hydrogens (primary N) is 1. The summed E-state index contributed by atoms with van der Waals surface area (Å²) >= 11 is 1.85. The molecule has 1 heterocycles. The van der Waals surface area contributed by atoms with E-state index in [1.165, 1.54) is 17.7 Å². The van der Waals surface area contributed by atoms with Crippen molar-refractivity contribution in [1.82, 2.24) is 4.90 Å². The Morgan fingerprint density at radius 2 is 2.18 bits per heavy atom. The summed E-state index contributed by atoms with van der Waals surface area (Å²) in [6.45, 7) is 9.84. The molecule has 98 valence electrons. The molecule has 0 aliphatic rings. The third-order valence-corrected chi connectivity index (χ3v) is 4.27. The Labute approximate surface area is 110 Å².